The molecule has 0 aliphatic carbocycles. The predicted molar refractivity (Wildman–Crippen MR) is 107 cm³/mol. The monoisotopic (exact) mass is 426 g/mol. The van der Waals surface area contributed by atoms with Gasteiger partial charge in [0, 0.05) is 10.2 Å². The van der Waals surface area contributed by atoms with Gasteiger partial charge in [0.25, 0.3) is 11.8 Å². The van der Waals surface area contributed by atoms with Crippen molar-refractivity contribution in [2.75, 3.05) is 51.6 Å². The van der Waals surface area contributed by atoms with Crippen molar-refractivity contribution in [3.63, 3.8) is 0 Å². The van der Waals surface area contributed by atoms with Crippen LogP contribution in [0.25, 0.3) is 0 Å². The summed E-state index contributed by atoms with van der Waals surface area (Å²) in [6, 6.07) is 5.53. The van der Waals surface area contributed by atoms with E-state index in [1.165, 1.54) is 0 Å². The molecule has 0 radical (unpaired) electrons. The zero-order chi connectivity index (χ0) is 19.3. The first kappa shape index (κ1) is 20.9. The lowest BCUT2D eigenvalue weighted by Gasteiger charge is -2.33. The summed E-state index contributed by atoms with van der Waals surface area (Å²) in [6.45, 7) is 11.1. The maximum atomic E-state index is 12.7. The molecule has 1 aromatic rings. The molecular weight excluding hydrogens is 396 g/mol. The second kappa shape index (κ2) is 9.48. The van der Waals surface area contributed by atoms with Crippen LogP contribution in [0.3, 0.4) is 0 Å². The number of nitrogens with one attached hydrogen (secondary N) is 3. The molecule has 1 heterocycles. The number of hydrogen-bond acceptors (Lipinski definition) is 2. The molecule has 0 saturated carbocycles. The molecule has 26 heavy (non-hydrogen) atoms. The number of carbonyl (C=O) groups is 2. The molecule has 3 N–H and O–H groups in total. The Balaban J connectivity index is 1.86. The molecule has 144 valence electrons. The van der Waals surface area contributed by atoms with Crippen LogP contribution >= 0.6 is 15.9 Å². The number of rotatable bonds is 6. The number of nitrogens with zero attached hydrogens (tertiary/aromatic N) is 1. The van der Waals surface area contributed by atoms with Crippen LogP contribution in [0.15, 0.2) is 22.7 Å². The summed E-state index contributed by atoms with van der Waals surface area (Å²) in [5.74, 6) is 0.0677. The number of amides is 2. The number of halogens is 1. The highest BCUT2D eigenvalue weighted by Crippen LogP contribution is 2.19. The van der Waals surface area contributed by atoms with Crippen molar-refractivity contribution in [3.05, 3.63) is 28.2 Å². The van der Waals surface area contributed by atoms with Crippen LogP contribution in [0.5, 0.6) is 0 Å². The lowest BCUT2D eigenvalue weighted by molar-refractivity contribution is -0.903. The Morgan fingerprint density at radius 2 is 2.00 bits per heavy atom. The summed E-state index contributed by atoms with van der Waals surface area (Å²) >= 11 is 3.42. The van der Waals surface area contributed by atoms with Gasteiger partial charge in [0.2, 0.25) is 0 Å². The quantitative estimate of drug-likeness (QED) is 0.565. The minimum atomic E-state index is -0.227. The predicted octanol–water partition coefficient (Wildman–Crippen LogP) is -0.654. The van der Waals surface area contributed by atoms with Crippen LogP contribution < -0.4 is 15.1 Å². The van der Waals surface area contributed by atoms with Crippen LogP contribution in [0, 0.1) is 6.92 Å². The van der Waals surface area contributed by atoms with Gasteiger partial charge in [-0.05, 0) is 44.5 Å². The van der Waals surface area contributed by atoms with Crippen molar-refractivity contribution >= 4 is 33.4 Å². The van der Waals surface area contributed by atoms with Crippen LogP contribution in [0.1, 0.15) is 19.4 Å². The Morgan fingerprint density at radius 1 is 1.35 bits per heavy atom. The number of anilines is 1. The topological polar surface area (TPSA) is 58.3 Å². The fourth-order valence-corrected chi connectivity index (χ4v) is 3.73. The highest BCUT2D eigenvalue weighted by molar-refractivity contribution is 9.10. The first-order valence-electron chi connectivity index (χ1n) is 9.32. The van der Waals surface area contributed by atoms with E-state index in [0.29, 0.717) is 0 Å². The van der Waals surface area contributed by atoms with Crippen LogP contribution in [0.4, 0.5) is 5.69 Å². The van der Waals surface area contributed by atoms with Crippen molar-refractivity contribution in [1.82, 2.24) is 4.90 Å². The molecular formula is C19H31BrN4O2+2. The number of likely N-dealkylation sites (N-methyl/N-ethyl adjacent to an activating group) is 2. The Labute approximate surface area is 164 Å². The van der Waals surface area contributed by atoms with Crippen LogP contribution in [-0.2, 0) is 9.59 Å². The number of carbonyl (C=O) groups excluding carboxylic acids is 2. The van der Waals surface area contributed by atoms with E-state index in [1.807, 2.05) is 44.0 Å². The Morgan fingerprint density at radius 3 is 2.58 bits per heavy atom. The first-order chi connectivity index (χ1) is 12.3. The molecule has 1 aliphatic heterocycles. The minimum Gasteiger partial charge on any atom is -0.332 e. The average Bonchev–Trinajstić information content (AvgIpc) is 2.62. The molecule has 2 amide bonds. The molecule has 1 fully saturated rings. The van der Waals surface area contributed by atoms with E-state index in [9.17, 15) is 9.59 Å². The SMILES string of the molecule is CC[NH+]1CCN(C(=O)[C@@H](C)[NH+](C)CC(=O)Nc2ccc(Br)cc2C)CC1. The van der Waals surface area contributed by atoms with E-state index in [2.05, 4.69) is 28.2 Å². The van der Waals surface area contributed by atoms with Gasteiger partial charge in [-0.15, -0.1) is 0 Å². The van der Waals surface area contributed by atoms with Crippen LogP contribution in [-0.4, -0.2) is 69.1 Å². The highest BCUT2D eigenvalue weighted by atomic mass is 79.9. The molecule has 6 nitrogen and oxygen atoms in total. The fraction of sp³-hybridized carbons (Fsp3) is 0.579. The zero-order valence-corrected chi connectivity index (χ0v) is 17.8. The number of quaternary nitrogens is 2. The number of aryl methyl sites for hydroxylation is 1. The summed E-state index contributed by atoms with van der Waals surface area (Å²) in [7, 11) is 1.91. The van der Waals surface area contributed by atoms with Crippen molar-refractivity contribution < 1.29 is 19.4 Å². The molecule has 0 aromatic heterocycles. The van der Waals surface area contributed by atoms with Gasteiger partial charge in [-0.1, -0.05) is 15.9 Å². The Kier molecular flexibility index (Phi) is 7.61. The molecule has 2 atom stereocenters. The van der Waals surface area contributed by atoms with Gasteiger partial charge < -0.3 is 20.0 Å². The Bertz CT molecular complexity index is 644. The van der Waals surface area contributed by atoms with E-state index in [-0.39, 0.29) is 24.4 Å². The normalized spacial score (nSPS) is 17.7. The zero-order valence-electron chi connectivity index (χ0n) is 16.2. The molecule has 1 aliphatic rings. The second-order valence-electron chi connectivity index (χ2n) is 7.18. The van der Waals surface area contributed by atoms with Gasteiger partial charge in [0.05, 0.1) is 39.8 Å². The van der Waals surface area contributed by atoms with E-state index in [0.717, 1.165) is 53.3 Å². The molecule has 1 aromatic carbocycles. The molecule has 0 spiro atoms. The maximum absolute atomic E-state index is 12.7. The first-order valence-corrected chi connectivity index (χ1v) is 10.1. The van der Waals surface area contributed by atoms with Crippen LogP contribution in [0.2, 0.25) is 0 Å². The lowest BCUT2D eigenvalue weighted by Crippen LogP contribution is -3.16. The van der Waals surface area contributed by atoms with Crippen molar-refractivity contribution in [1.29, 1.82) is 0 Å². The second-order valence-corrected chi connectivity index (χ2v) is 8.10. The maximum Gasteiger partial charge on any atom is 0.280 e. The molecule has 0 bridgehead atoms. The third kappa shape index (κ3) is 5.53. The third-order valence-corrected chi connectivity index (χ3v) is 5.79. The minimum absolute atomic E-state index is 0.0761. The van der Waals surface area contributed by atoms with Gasteiger partial charge in [-0.3, -0.25) is 9.59 Å². The molecule has 2 rings (SSSR count). The molecule has 1 saturated heterocycles. The van der Waals surface area contributed by atoms with Crippen molar-refractivity contribution in [2.45, 2.75) is 26.8 Å². The summed E-state index contributed by atoms with van der Waals surface area (Å²) < 4.78 is 0.986. The summed E-state index contributed by atoms with van der Waals surface area (Å²) in [4.78, 5) is 29.5. The molecule has 1 unspecified atom stereocenters. The smallest absolute Gasteiger partial charge is 0.280 e. The van der Waals surface area contributed by atoms with E-state index >= 15 is 0 Å². The van der Waals surface area contributed by atoms with Gasteiger partial charge in [0.1, 0.15) is 0 Å². The fourth-order valence-electron chi connectivity index (χ4n) is 3.25. The summed E-state index contributed by atoms with van der Waals surface area (Å²) in [5.41, 5.74) is 1.81. The number of benzene rings is 1. The van der Waals surface area contributed by atoms with Crippen molar-refractivity contribution in [2.24, 2.45) is 0 Å². The summed E-state index contributed by atoms with van der Waals surface area (Å²) in [6.07, 6.45) is 0. The Hall–Kier alpha value is -1.44. The van der Waals surface area contributed by atoms with Gasteiger partial charge in [-0.2, -0.15) is 0 Å². The van der Waals surface area contributed by atoms with Gasteiger partial charge in [-0.25, -0.2) is 0 Å². The van der Waals surface area contributed by atoms with Gasteiger partial charge in [0.15, 0.2) is 12.6 Å². The number of piperazine rings is 1. The standard InChI is InChI=1S/C19H29BrN4O2/c1-5-23-8-10-24(11-9-23)19(26)15(3)22(4)13-18(25)21-17-7-6-16(20)12-14(17)2/h6-7,12,15H,5,8-11,13H2,1-4H3,(H,21,25)/p+2/t15-/m1/s1. The van der Waals surface area contributed by atoms with E-state index in [1.54, 1.807) is 4.90 Å². The largest absolute Gasteiger partial charge is 0.332 e. The highest BCUT2D eigenvalue weighted by Gasteiger charge is 2.31. The summed E-state index contributed by atoms with van der Waals surface area (Å²) in [5, 5.41) is 2.95. The van der Waals surface area contributed by atoms with E-state index < -0.39 is 0 Å². The number of hydrogen-bond donors (Lipinski definition) is 3. The van der Waals surface area contributed by atoms with Crippen molar-refractivity contribution in [3.8, 4) is 0 Å². The average molecular weight is 427 g/mol. The molecule has 7 heteroatoms. The van der Waals surface area contributed by atoms with E-state index in [4.69, 9.17) is 0 Å². The third-order valence-electron chi connectivity index (χ3n) is 5.29. The lowest BCUT2D eigenvalue weighted by atomic mass is 10.2. The van der Waals surface area contributed by atoms with Gasteiger partial charge >= 0.3 is 0 Å².